The zero-order valence-electron chi connectivity index (χ0n) is 18.5. The van der Waals surface area contributed by atoms with Crippen molar-refractivity contribution in [1.29, 1.82) is 0 Å². The first kappa shape index (κ1) is 23.6. The third-order valence-corrected chi connectivity index (χ3v) is 5.82. The van der Waals surface area contributed by atoms with Gasteiger partial charge >= 0.3 is 12.2 Å². The van der Waals surface area contributed by atoms with Gasteiger partial charge in [-0.1, -0.05) is 0 Å². The SMILES string of the molecule is O=C(N1CCN(c2ncc(F)c(-n3nccc3C(F)(F)F)n2)CC1)N1N=CCC1c1cncc(F)c1. The lowest BCUT2D eigenvalue weighted by Crippen LogP contribution is -2.52. The standard InChI is InChI=1S/C21H18F5N9O/c22-14-9-13(10-27-11-14)16-1-3-29-34(16)20(36)33-7-5-32(6-8-33)19-28-12-15(23)18(31-19)35-17(2-4-30-35)21(24,25)26/h2-4,9-12,16H,1,5-8H2. The molecule has 3 aromatic heterocycles. The van der Waals surface area contributed by atoms with Gasteiger partial charge in [-0.3, -0.25) is 4.98 Å². The molecule has 36 heavy (non-hydrogen) atoms. The van der Waals surface area contributed by atoms with Crippen LogP contribution in [0.15, 0.2) is 42.0 Å². The Kier molecular flexibility index (Phi) is 5.97. The van der Waals surface area contributed by atoms with Crippen molar-refractivity contribution in [1.82, 2.24) is 34.6 Å². The number of pyridine rings is 1. The van der Waals surface area contributed by atoms with Crippen molar-refractivity contribution in [3.05, 3.63) is 59.8 Å². The minimum absolute atomic E-state index is 0.00466. The number of carbonyl (C=O) groups is 1. The normalized spacial score (nSPS) is 18.2. The molecule has 1 saturated heterocycles. The minimum atomic E-state index is -4.75. The van der Waals surface area contributed by atoms with E-state index in [1.807, 2.05) is 0 Å². The van der Waals surface area contributed by atoms with Gasteiger partial charge in [-0.05, 0) is 17.7 Å². The second-order valence-corrected chi connectivity index (χ2v) is 8.05. The summed E-state index contributed by atoms with van der Waals surface area (Å²) in [5.41, 5.74) is -0.653. The Labute approximate surface area is 200 Å². The van der Waals surface area contributed by atoms with Gasteiger partial charge in [0, 0.05) is 45.0 Å². The second kappa shape index (κ2) is 9.13. The number of halogens is 5. The van der Waals surface area contributed by atoms with Gasteiger partial charge in [0.05, 0.1) is 24.6 Å². The van der Waals surface area contributed by atoms with E-state index in [0.717, 1.165) is 24.7 Å². The Hall–Kier alpha value is -4.17. The van der Waals surface area contributed by atoms with Crippen LogP contribution in [0.25, 0.3) is 5.82 Å². The van der Waals surface area contributed by atoms with E-state index in [4.69, 9.17) is 0 Å². The number of alkyl halides is 3. The van der Waals surface area contributed by atoms with Crippen LogP contribution in [0.5, 0.6) is 0 Å². The maximum absolute atomic E-state index is 14.3. The number of hydrogen-bond acceptors (Lipinski definition) is 7. The van der Waals surface area contributed by atoms with Crippen LogP contribution in [0.2, 0.25) is 0 Å². The molecule has 0 spiro atoms. The van der Waals surface area contributed by atoms with Crippen LogP contribution in [0, 0.1) is 11.6 Å². The van der Waals surface area contributed by atoms with Crippen LogP contribution in [0.4, 0.5) is 32.7 Å². The number of anilines is 1. The van der Waals surface area contributed by atoms with Crippen molar-refractivity contribution in [2.45, 2.75) is 18.6 Å². The summed E-state index contributed by atoms with van der Waals surface area (Å²) in [7, 11) is 0. The third-order valence-electron chi connectivity index (χ3n) is 5.82. The van der Waals surface area contributed by atoms with E-state index in [-0.39, 0.29) is 38.2 Å². The summed E-state index contributed by atoms with van der Waals surface area (Å²) in [6.45, 7) is 0.937. The second-order valence-electron chi connectivity index (χ2n) is 8.05. The molecule has 2 aliphatic heterocycles. The van der Waals surface area contributed by atoms with Gasteiger partial charge < -0.3 is 9.80 Å². The lowest BCUT2D eigenvalue weighted by atomic mass is 10.1. The maximum atomic E-state index is 14.3. The van der Waals surface area contributed by atoms with E-state index < -0.39 is 35.4 Å². The first-order chi connectivity index (χ1) is 17.2. The van der Waals surface area contributed by atoms with Crippen LogP contribution in [0.3, 0.4) is 0 Å². The summed E-state index contributed by atoms with van der Waals surface area (Å²) in [5, 5.41) is 8.98. The summed E-state index contributed by atoms with van der Waals surface area (Å²) >= 11 is 0. The number of urea groups is 1. The van der Waals surface area contributed by atoms with Crippen molar-refractivity contribution in [2.24, 2.45) is 5.10 Å². The minimum Gasteiger partial charge on any atom is -0.337 e. The Balaban J connectivity index is 1.29. The van der Waals surface area contributed by atoms with Crippen LogP contribution in [0.1, 0.15) is 23.7 Å². The molecule has 0 saturated carbocycles. The molecule has 0 N–H and O–H groups in total. The molecule has 5 rings (SSSR count). The summed E-state index contributed by atoms with van der Waals surface area (Å²) < 4.78 is 68.1. The Morgan fingerprint density at radius 1 is 1.06 bits per heavy atom. The fraction of sp³-hybridized carbons (Fsp3) is 0.333. The van der Waals surface area contributed by atoms with Gasteiger partial charge in [0.15, 0.2) is 11.6 Å². The predicted molar refractivity (Wildman–Crippen MR) is 115 cm³/mol. The topological polar surface area (TPSA) is 95.6 Å². The molecular formula is C21H18F5N9O. The molecule has 2 aliphatic rings. The van der Waals surface area contributed by atoms with Gasteiger partial charge in [0.1, 0.15) is 11.5 Å². The maximum Gasteiger partial charge on any atom is 0.433 e. The van der Waals surface area contributed by atoms with Gasteiger partial charge in [-0.2, -0.15) is 28.4 Å². The van der Waals surface area contributed by atoms with Crippen LogP contribution in [-0.4, -0.2) is 73.1 Å². The van der Waals surface area contributed by atoms with Gasteiger partial charge in [-0.15, -0.1) is 0 Å². The number of hydrazone groups is 1. The smallest absolute Gasteiger partial charge is 0.337 e. The number of amides is 2. The summed E-state index contributed by atoms with van der Waals surface area (Å²) in [6, 6.07) is 1.15. The van der Waals surface area contributed by atoms with E-state index in [0.29, 0.717) is 16.7 Å². The van der Waals surface area contributed by atoms with Crippen molar-refractivity contribution in [2.75, 3.05) is 31.1 Å². The van der Waals surface area contributed by atoms with Crippen LogP contribution in [-0.2, 0) is 6.18 Å². The highest BCUT2D eigenvalue weighted by molar-refractivity contribution is 5.78. The van der Waals surface area contributed by atoms with E-state index in [1.165, 1.54) is 17.3 Å². The largest absolute Gasteiger partial charge is 0.433 e. The fourth-order valence-corrected chi connectivity index (χ4v) is 4.07. The van der Waals surface area contributed by atoms with Gasteiger partial charge in [0.25, 0.3) is 0 Å². The highest BCUT2D eigenvalue weighted by atomic mass is 19.4. The Bertz CT molecular complexity index is 1300. The number of hydrogen-bond donors (Lipinski definition) is 0. The van der Waals surface area contributed by atoms with Crippen molar-refractivity contribution in [3.8, 4) is 5.82 Å². The van der Waals surface area contributed by atoms with Gasteiger partial charge in [-0.25, -0.2) is 28.3 Å². The van der Waals surface area contributed by atoms with Gasteiger partial charge in [0.2, 0.25) is 5.95 Å². The highest BCUT2D eigenvalue weighted by Crippen LogP contribution is 2.31. The van der Waals surface area contributed by atoms with Crippen molar-refractivity contribution < 1.29 is 26.7 Å². The highest BCUT2D eigenvalue weighted by Gasteiger charge is 2.37. The lowest BCUT2D eigenvalue weighted by molar-refractivity contribution is -0.142. The molecular weight excluding hydrogens is 489 g/mol. The lowest BCUT2D eigenvalue weighted by Gasteiger charge is -2.37. The number of rotatable bonds is 3. The van der Waals surface area contributed by atoms with Crippen LogP contribution >= 0.6 is 0 Å². The molecule has 5 heterocycles. The molecule has 0 radical (unpaired) electrons. The first-order valence-corrected chi connectivity index (χ1v) is 10.8. The number of carbonyl (C=O) groups excluding carboxylic acids is 1. The number of aromatic nitrogens is 5. The van der Waals surface area contributed by atoms with E-state index in [1.54, 1.807) is 16.0 Å². The summed E-state index contributed by atoms with van der Waals surface area (Å²) in [4.78, 5) is 28.0. The molecule has 1 atom stereocenters. The van der Waals surface area contributed by atoms with Crippen molar-refractivity contribution >= 4 is 18.2 Å². The molecule has 3 aromatic rings. The molecule has 2 amide bonds. The monoisotopic (exact) mass is 507 g/mol. The predicted octanol–water partition coefficient (Wildman–Crippen LogP) is 3.03. The third kappa shape index (κ3) is 4.43. The van der Waals surface area contributed by atoms with Crippen LogP contribution < -0.4 is 4.90 Å². The average molecular weight is 507 g/mol. The van der Waals surface area contributed by atoms with E-state index in [9.17, 15) is 26.7 Å². The molecule has 1 fully saturated rings. The quantitative estimate of drug-likeness (QED) is 0.506. The average Bonchev–Trinajstić information content (AvgIpc) is 3.54. The summed E-state index contributed by atoms with van der Waals surface area (Å²) in [5.74, 6) is -2.21. The van der Waals surface area contributed by atoms with E-state index >= 15 is 0 Å². The van der Waals surface area contributed by atoms with Crippen molar-refractivity contribution in [3.63, 3.8) is 0 Å². The summed E-state index contributed by atoms with van der Waals surface area (Å²) in [6.07, 6.45) is 1.48. The molecule has 0 aromatic carbocycles. The molecule has 10 nitrogen and oxygen atoms in total. The first-order valence-electron chi connectivity index (χ1n) is 10.8. The zero-order chi connectivity index (χ0) is 25.4. The Morgan fingerprint density at radius 3 is 2.56 bits per heavy atom. The number of nitrogens with zero attached hydrogens (tertiary/aromatic N) is 9. The molecule has 0 bridgehead atoms. The molecule has 1 unspecified atom stereocenters. The van der Waals surface area contributed by atoms with E-state index in [2.05, 4.69) is 25.2 Å². The number of piperazine rings is 1. The molecule has 188 valence electrons. The molecule has 15 heteroatoms. The molecule has 0 aliphatic carbocycles. The Morgan fingerprint density at radius 2 is 1.83 bits per heavy atom. The fourth-order valence-electron chi connectivity index (χ4n) is 4.07. The zero-order valence-corrected chi connectivity index (χ0v) is 18.5.